The Balaban J connectivity index is 0. The van der Waals surface area contributed by atoms with E-state index in [-0.39, 0.29) is 12.8 Å². The predicted molar refractivity (Wildman–Crippen MR) is 28.9 cm³/mol. The fourth-order valence-corrected chi connectivity index (χ4v) is 0.154. The molecule has 0 heterocycles. The van der Waals surface area contributed by atoms with Crippen LogP contribution in [0.15, 0.2) is 12.2 Å². The standard InChI is InChI=1S/C4H6O3.H3N/c5-3-1-2-4(6)7;/h1-2,5H,3H2,(H,6,7);1H3. The lowest BCUT2D eigenvalue weighted by Gasteiger charge is -1.73. The van der Waals surface area contributed by atoms with Crippen LogP contribution in [0.3, 0.4) is 0 Å². The average Bonchev–Trinajstić information content (AvgIpc) is 1.61. The van der Waals surface area contributed by atoms with Gasteiger partial charge in [0.05, 0.1) is 6.61 Å². The van der Waals surface area contributed by atoms with Crippen LogP contribution >= 0.6 is 0 Å². The van der Waals surface area contributed by atoms with E-state index < -0.39 is 5.97 Å². The first-order valence-electron chi connectivity index (χ1n) is 1.77. The molecule has 0 saturated heterocycles. The van der Waals surface area contributed by atoms with Gasteiger partial charge in [0.15, 0.2) is 0 Å². The number of carbonyl (C=O) groups is 1. The molecule has 0 radical (unpaired) electrons. The van der Waals surface area contributed by atoms with Gasteiger partial charge in [-0.2, -0.15) is 0 Å². The number of aliphatic hydroxyl groups is 1. The van der Waals surface area contributed by atoms with E-state index in [0.29, 0.717) is 0 Å². The number of carboxylic acids is 1. The van der Waals surface area contributed by atoms with Crippen LogP contribution in [0.2, 0.25) is 0 Å². The summed E-state index contributed by atoms with van der Waals surface area (Å²) in [4.78, 5) is 9.56. The summed E-state index contributed by atoms with van der Waals surface area (Å²) in [5, 5.41) is 15.8. The molecule has 4 heteroatoms. The summed E-state index contributed by atoms with van der Waals surface area (Å²) in [7, 11) is 0. The quantitative estimate of drug-likeness (QED) is 0.438. The van der Waals surface area contributed by atoms with Gasteiger partial charge in [0.2, 0.25) is 0 Å². The van der Waals surface area contributed by atoms with Crippen molar-refractivity contribution in [2.75, 3.05) is 6.61 Å². The Labute approximate surface area is 47.0 Å². The molecule has 0 spiro atoms. The van der Waals surface area contributed by atoms with Gasteiger partial charge in [-0.1, -0.05) is 6.08 Å². The van der Waals surface area contributed by atoms with Crippen LogP contribution in [-0.2, 0) is 4.79 Å². The molecular weight excluding hydrogens is 110 g/mol. The summed E-state index contributed by atoms with van der Waals surface area (Å²) in [5.41, 5.74) is 0. The zero-order valence-corrected chi connectivity index (χ0v) is 4.37. The topological polar surface area (TPSA) is 92.5 Å². The Kier molecular flexibility index (Phi) is 7.80. The van der Waals surface area contributed by atoms with Crippen molar-refractivity contribution in [2.24, 2.45) is 0 Å². The second-order valence-electron chi connectivity index (χ2n) is 0.923. The Hall–Kier alpha value is -0.870. The molecule has 0 aromatic carbocycles. The van der Waals surface area contributed by atoms with Crippen LogP contribution in [0.4, 0.5) is 0 Å². The third-order valence-electron chi connectivity index (χ3n) is 0.366. The van der Waals surface area contributed by atoms with Crippen molar-refractivity contribution in [1.82, 2.24) is 6.15 Å². The first-order valence-corrected chi connectivity index (χ1v) is 1.77. The van der Waals surface area contributed by atoms with Gasteiger partial charge in [0.25, 0.3) is 0 Å². The highest BCUT2D eigenvalue weighted by Gasteiger charge is 1.79. The molecule has 0 fully saturated rings. The van der Waals surface area contributed by atoms with Crippen molar-refractivity contribution in [1.29, 1.82) is 0 Å². The predicted octanol–water partition coefficient (Wildman–Crippen LogP) is -0.219. The third-order valence-corrected chi connectivity index (χ3v) is 0.366. The lowest BCUT2D eigenvalue weighted by molar-refractivity contribution is -0.131. The van der Waals surface area contributed by atoms with Gasteiger partial charge in [0, 0.05) is 6.08 Å². The highest BCUT2D eigenvalue weighted by Crippen LogP contribution is 1.67. The van der Waals surface area contributed by atoms with Crippen molar-refractivity contribution >= 4 is 5.97 Å². The van der Waals surface area contributed by atoms with Crippen LogP contribution in [0, 0.1) is 0 Å². The molecule has 0 atom stereocenters. The van der Waals surface area contributed by atoms with E-state index in [0.717, 1.165) is 12.2 Å². The summed E-state index contributed by atoms with van der Waals surface area (Å²) in [6.07, 6.45) is 2.04. The van der Waals surface area contributed by atoms with Crippen LogP contribution in [0.25, 0.3) is 0 Å². The molecule has 0 aromatic rings. The minimum atomic E-state index is -1.03. The highest BCUT2D eigenvalue weighted by molar-refractivity contribution is 5.79. The molecule has 0 unspecified atom stereocenters. The largest absolute Gasteiger partial charge is 0.478 e. The number of hydrogen-bond donors (Lipinski definition) is 3. The third kappa shape index (κ3) is 8.93. The molecule has 0 bridgehead atoms. The van der Waals surface area contributed by atoms with Gasteiger partial charge < -0.3 is 16.4 Å². The van der Waals surface area contributed by atoms with Gasteiger partial charge in [0.1, 0.15) is 0 Å². The lowest BCUT2D eigenvalue weighted by Crippen LogP contribution is -1.86. The van der Waals surface area contributed by atoms with Crippen LogP contribution in [0.5, 0.6) is 0 Å². The fraction of sp³-hybridized carbons (Fsp3) is 0.250. The van der Waals surface area contributed by atoms with Gasteiger partial charge in [-0.25, -0.2) is 4.79 Å². The number of hydrogen-bond acceptors (Lipinski definition) is 3. The normalized spacial score (nSPS) is 8.62. The number of aliphatic carboxylic acids is 1. The molecule has 48 valence electrons. The SMILES string of the molecule is N.O=C(O)C=CCO. The molecule has 0 amide bonds. The summed E-state index contributed by atoms with van der Waals surface area (Å²) in [6.45, 7) is -0.216. The first-order chi connectivity index (χ1) is 3.27. The lowest BCUT2D eigenvalue weighted by atomic mass is 10.5. The van der Waals surface area contributed by atoms with E-state index in [1.807, 2.05) is 0 Å². The number of rotatable bonds is 2. The van der Waals surface area contributed by atoms with Gasteiger partial charge in [-0.15, -0.1) is 0 Å². The molecule has 0 aliphatic carbocycles. The molecule has 0 aliphatic heterocycles. The molecule has 0 aliphatic rings. The second-order valence-corrected chi connectivity index (χ2v) is 0.923. The van der Waals surface area contributed by atoms with Crippen LogP contribution < -0.4 is 6.15 Å². The minimum absolute atomic E-state index is 0. The Morgan fingerprint density at radius 1 is 1.62 bits per heavy atom. The van der Waals surface area contributed by atoms with Gasteiger partial charge in [-0.05, 0) is 0 Å². The van der Waals surface area contributed by atoms with Crippen molar-refractivity contribution in [3.8, 4) is 0 Å². The van der Waals surface area contributed by atoms with E-state index in [2.05, 4.69) is 0 Å². The number of carboxylic acid groups (broad SMARTS) is 1. The maximum atomic E-state index is 9.56. The summed E-state index contributed by atoms with van der Waals surface area (Å²) in [5.74, 6) is -1.03. The molecule has 0 rings (SSSR count). The van der Waals surface area contributed by atoms with Crippen molar-refractivity contribution in [2.45, 2.75) is 0 Å². The van der Waals surface area contributed by atoms with Gasteiger partial charge >= 0.3 is 5.97 Å². The Bertz CT molecular complexity index is 89.3. The fourth-order valence-electron chi connectivity index (χ4n) is 0.154. The van der Waals surface area contributed by atoms with E-state index in [4.69, 9.17) is 10.2 Å². The number of aliphatic hydroxyl groups excluding tert-OH is 1. The first kappa shape index (κ1) is 10.2. The molecule has 8 heavy (non-hydrogen) atoms. The van der Waals surface area contributed by atoms with Crippen molar-refractivity contribution in [3.05, 3.63) is 12.2 Å². The highest BCUT2D eigenvalue weighted by atomic mass is 16.4. The van der Waals surface area contributed by atoms with E-state index in [1.165, 1.54) is 0 Å². The Morgan fingerprint density at radius 2 is 2.12 bits per heavy atom. The average molecular weight is 119 g/mol. The second kappa shape index (κ2) is 6.13. The monoisotopic (exact) mass is 119 g/mol. The Morgan fingerprint density at radius 3 is 2.25 bits per heavy atom. The summed E-state index contributed by atoms with van der Waals surface area (Å²) in [6, 6.07) is 0. The molecule has 4 nitrogen and oxygen atoms in total. The smallest absolute Gasteiger partial charge is 0.328 e. The van der Waals surface area contributed by atoms with Crippen molar-refractivity contribution in [3.63, 3.8) is 0 Å². The minimum Gasteiger partial charge on any atom is -0.478 e. The summed E-state index contributed by atoms with van der Waals surface area (Å²) >= 11 is 0. The maximum Gasteiger partial charge on any atom is 0.328 e. The van der Waals surface area contributed by atoms with Crippen LogP contribution in [0.1, 0.15) is 0 Å². The van der Waals surface area contributed by atoms with Crippen molar-refractivity contribution < 1.29 is 15.0 Å². The zero-order valence-electron chi connectivity index (χ0n) is 4.37. The zero-order chi connectivity index (χ0) is 5.70. The molecule has 0 aromatic heterocycles. The maximum absolute atomic E-state index is 9.56. The molecule has 5 N–H and O–H groups in total. The van der Waals surface area contributed by atoms with E-state index >= 15 is 0 Å². The van der Waals surface area contributed by atoms with Crippen LogP contribution in [-0.4, -0.2) is 22.8 Å². The molecular formula is C4H9NO3. The summed E-state index contributed by atoms with van der Waals surface area (Å²) < 4.78 is 0. The van der Waals surface area contributed by atoms with E-state index in [9.17, 15) is 4.79 Å². The molecule has 0 saturated carbocycles. The van der Waals surface area contributed by atoms with Gasteiger partial charge in [-0.3, -0.25) is 0 Å². The van der Waals surface area contributed by atoms with E-state index in [1.54, 1.807) is 0 Å².